The van der Waals surface area contributed by atoms with E-state index in [1.54, 1.807) is 48.5 Å². The number of amides is 1. The first-order valence-electron chi connectivity index (χ1n) is 8.98. The number of carbonyl (C=O) groups is 1. The number of hydrogen-bond donors (Lipinski definition) is 1. The van der Waals surface area contributed by atoms with E-state index in [-0.39, 0.29) is 12.5 Å². The average Bonchev–Trinajstić information content (AvgIpc) is 2.69. The smallest absolute Gasteiger partial charge is 0.243 e. The van der Waals surface area contributed by atoms with E-state index in [1.165, 1.54) is 4.31 Å². The quantitative estimate of drug-likeness (QED) is 0.829. The lowest BCUT2D eigenvalue weighted by atomic mass is 10.2. The zero-order valence-electron chi connectivity index (χ0n) is 15.6. The number of hydrogen-bond acceptors (Lipinski definition) is 5. The molecule has 7 nitrogen and oxygen atoms in total. The molecule has 0 aromatic heterocycles. The summed E-state index contributed by atoms with van der Waals surface area (Å²) in [6.07, 6.45) is 0. The molecule has 0 spiro atoms. The molecule has 1 fully saturated rings. The van der Waals surface area contributed by atoms with Gasteiger partial charge in [0.2, 0.25) is 15.9 Å². The summed E-state index contributed by atoms with van der Waals surface area (Å²) in [6.45, 7) is 3.79. The summed E-state index contributed by atoms with van der Waals surface area (Å²) in [5, 5.41) is 11.6. The molecule has 1 aliphatic heterocycles. The molecule has 2 aromatic carbocycles. The first-order chi connectivity index (χ1) is 13.4. The lowest BCUT2D eigenvalue weighted by Gasteiger charge is -2.33. The van der Waals surface area contributed by atoms with Crippen LogP contribution in [0.25, 0.3) is 0 Å². The normalized spacial score (nSPS) is 15.7. The van der Waals surface area contributed by atoms with E-state index in [0.29, 0.717) is 42.3 Å². The van der Waals surface area contributed by atoms with Gasteiger partial charge in [-0.15, -0.1) is 0 Å². The van der Waals surface area contributed by atoms with Gasteiger partial charge in [-0.1, -0.05) is 17.7 Å². The van der Waals surface area contributed by atoms with E-state index in [0.717, 1.165) is 5.56 Å². The maximum atomic E-state index is 12.7. The van der Waals surface area contributed by atoms with Crippen LogP contribution in [0.3, 0.4) is 0 Å². The second-order valence-corrected chi connectivity index (χ2v) is 8.67. The van der Waals surface area contributed by atoms with Crippen LogP contribution in [0, 0.1) is 18.3 Å². The number of nitrogens with one attached hydrogen (secondary N) is 1. The van der Waals surface area contributed by atoms with Crippen LogP contribution < -0.4 is 5.32 Å². The monoisotopic (exact) mass is 398 g/mol. The van der Waals surface area contributed by atoms with Gasteiger partial charge in [-0.05, 0) is 43.3 Å². The molecule has 0 unspecified atom stereocenters. The maximum absolute atomic E-state index is 12.7. The van der Waals surface area contributed by atoms with Crippen LogP contribution in [0.2, 0.25) is 0 Å². The Morgan fingerprint density at radius 1 is 1.04 bits per heavy atom. The van der Waals surface area contributed by atoms with E-state index < -0.39 is 10.0 Å². The fourth-order valence-electron chi connectivity index (χ4n) is 3.02. The van der Waals surface area contributed by atoms with Crippen molar-refractivity contribution < 1.29 is 13.2 Å². The number of nitriles is 1. The van der Waals surface area contributed by atoms with Crippen LogP contribution in [-0.2, 0) is 14.8 Å². The predicted octanol–water partition coefficient (Wildman–Crippen LogP) is 1.81. The minimum absolute atomic E-state index is 0.167. The largest absolute Gasteiger partial charge is 0.325 e. The summed E-state index contributed by atoms with van der Waals surface area (Å²) >= 11 is 0. The topological polar surface area (TPSA) is 93.5 Å². The Kier molecular flexibility index (Phi) is 6.09. The highest BCUT2D eigenvalue weighted by atomic mass is 32.2. The van der Waals surface area contributed by atoms with Crippen LogP contribution in [0.4, 0.5) is 5.69 Å². The fraction of sp³-hybridized carbons (Fsp3) is 0.300. The fourth-order valence-corrected chi connectivity index (χ4v) is 4.44. The highest BCUT2D eigenvalue weighted by molar-refractivity contribution is 7.89. The van der Waals surface area contributed by atoms with Crippen LogP contribution in [-0.4, -0.2) is 56.3 Å². The first kappa shape index (κ1) is 20.0. The molecular weight excluding hydrogens is 376 g/mol. The molecule has 1 heterocycles. The molecule has 0 atom stereocenters. The third-order valence-corrected chi connectivity index (χ3v) is 6.57. The van der Waals surface area contributed by atoms with Gasteiger partial charge in [0.05, 0.1) is 23.1 Å². The number of anilines is 1. The molecule has 146 valence electrons. The lowest BCUT2D eigenvalue weighted by Crippen LogP contribution is -2.50. The van der Waals surface area contributed by atoms with Gasteiger partial charge < -0.3 is 5.32 Å². The molecule has 2 aromatic rings. The summed E-state index contributed by atoms with van der Waals surface area (Å²) < 4.78 is 26.9. The van der Waals surface area contributed by atoms with Crippen molar-refractivity contribution in [1.29, 1.82) is 5.26 Å². The maximum Gasteiger partial charge on any atom is 0.243 e. The molecule has 0 radical (unpaired) electrons. The van der Waals surface area contributed by atoms with Crippen molar-refractivity contribution in [3.8, 4) is 6.07 Å². The van der Waals surface area contributed by atoms with E-state index in [2.05, 4.69) is 5.32 Å². The Morgan fingerprint density at radius 2 is 1.64 bits per heavy atom. The predicted molar refractivity (Wildman–Crippen MR) is 106 cm³/mol. The Labute approximate surface area is 165 Å². The molecule has 0 aliphatic carbocycles. The first-order valence-corrected chi connectivity index (χ1v) is 10.4. The van der Waals surface area contributed by atoms with Crippen LogP contribution in [0.15, 0.2) is 53.4 Å². The van der Waals surface area contributed by atoms with Crippen molar-refractivity contribution in [2.75, 3.05) is 38.0 Å². The molecule has 0 saturated carbocycles. The van der Waals surface area contributed by atoms with E-state index in [4.69, 9.17) is 5.26 Å². The number of benzene rings is 2. The second-order valence-electron chi connectivity index (χ2n) is 6.73. The molecule has 1 amide bonds. The number of piperazine rings is 1. The van der Waals surface area contributed by atoms with Gasteiger partial charge >= 0.3 is 0 Å². The van der Waals surface area contributed by atoms with Gasteiger partial charge in [0.15, 0.2) is 0 Å². The Morgan fingerprint density at radius 3 is 2.21 bits per heavy atom. The third kappa shape index (κ3) is 4.75. The van der Waals surface area contributed by atoms with Crippen molar-refractivity contribution in [2.24, 2.45) is 0 Å². The van der Waals surface area contributed by atoms with Crippen LogP contribution in [0.1, 0.15) is 11.1 Å². The highest BCUT2D eigenvalue weighted by Gasteiger charge is 2.28. The van der Waals surface area contributed by atoms with Gasteiger partial charge in [0, 0.05) is 31.9 Å². The zero-order valence-corrected chi connectivity index (χ0v) is 16.4. The van der Waals surface area contributed by atoms with Crippen molar-refractivity contribution in [3.63, 3.8) is 0 Å². The molecule has 28 heavy (non-hydrogen) atoms. The lowest BCUT2D eigenvalue weighted by molar-refractivity contribution is -0.117. The van der Waals surface area contributed by atoms with Crippen molar-refractivity contribution in [3.05, 3.63) is 59.7 Å². The zero-order chi connectivity index (χ0) is 20.1. The van der Waals surface area contributed by atoms with Gasteiger partial charge in [-0.2, -0.15) is 9.57 Å². The average molecular weight is 398 g/mol. The van der Waals surface area contributed by atoms with Gasteiger partial charge in [0.1, 0.15) is 0 Å². The molecular formula is C20H22N4O3S. The van der Waals surface area contributed by atoms with E-state index in [1.807, 2.05) is 17.9 Å². The standard InChI is InChI=1S/C20H22N4O3S/c1-16-2-8-19(9-3-16)28(26,27)24-12-10-23(11-13-24)15-20(25)22-18-6-4-17(14-21)5-7-18/h2-9H,10-13,15H2,1H3,(H,22,25). The van der Waals surface area contributed by atoms with Crippen molar-refractivity contribution in [2.45, 2.75) is 11.8 Å². The van der Waals surface area contributed by atoms with Crippen molar-refractivity contribution in [1.82, 2.24) is 9.21 Å². The summed E-state index contributed by atoms with van der Waals surface area (Å²) in [5.41, 5.74) is 2.17. The minimum Gasteiger partial charge on any atom is -0.325 e. The molecule has 3 rings (SSSR count). The number of aryl methyl sites for hydroxylation is 1. The second kappa shape index (κ2) is 8.52. The van der Waals surface area contributed by atoms with Gasteiger partial charge in [0.25, 0.3) is 0 Å². The van der Waals surface area contributed by atoms with Crippen LogP contribution >= 0.6 is 0 Å². The number of carbonyl (C=O) groups excluding carboxylic acids is 1. The molecule has 8 heteroatoms. The molecule has 1 saturated heterocycles. The van der Waals surface area contributed by atoms with Crippen molar-refractivity contribution >= 4 is 21.6 Å². The summed E-state index contributed by atoms with van der Waals surface area (Å²) in [7, 11) is -3.51. The number of rotatable bonds is 5. The summed E-state index contributed by atoms with van der Waals surface area (Å²) in [6, 6.07) is 15.5. The molecule has 0 bridgehead atoms. The molecule has 1 N–H and O–H groups in total. The van der Waals surface area contributed by atoms with E-state index >= 15 is 0 Å². The number of nitrogens with zero attached hydrogens (tertiary/aromatic N) is 3. The van der Waals surface area contributed by atoms with E-state index in [9.17, 15) is 13.2 Å². The Bertz CT molecular complexity index is 972. The van der Waals surface area contributed by atoms with Crippen LogP contribution in [0.5, 0.6) is 0 Å². The Balaban J connectivity index is 1.52. The van der Waals surface area contributed by atoms with Gasteiger partial charge in [-0.25, -0.2) is 8.42 Å². The molecule has 1 aliphatic rings. The third-order valence-electron chi connectivity index (χ3n) is 4.65. The minimum atomic E-state index is -3.51. The number of sulfonamides is 1. The summed E-state index contributed by atoms with van der Waals surface area (Å²) in [5.74, 6) is -0.167. The SMILES string of the molecule is Cc1ccc(S(=O)(=O)N2CCN(CC(=O)Nc3ccc(C#N)cc3)CC2)cc1. The van der Waals surface area contributed by atoms with Gasteiger partial charge in [-0.3, -0.25) is 9.69 Å². The Hall–Kier alpha value is -2.73. The highest BCUT2D eigenvalue weighted by Crippen LogP contribution is 2.18. The summed E-state index contributed by atoms with van der Waals surface area (Å²) in [4.78, 5) is 14.4.